The summed E-state index contributed by atoms with van der Waals surface area (Å²) < 4.78 is 2.73. The molecular weight excluding hydrogens is 366 g/mol. The normalized spacial score (nSPS) is 10.5. The molecule has 0 aliphatic heterocycles. The van der Waals surface area contributed by atoms with Gasteiger partial charge in [-0.2, -0.15) is 5.26 Å². The topological polar surface area (TPSA) is 57.8 Å². The third-order valence-electron chi connectivity index (χ3n) is 3.86. The Morgan fingerprint density at radius 3 is 2.75 bits per heavy atom. The van der Waals surface area contributed by atoms with Crippen LogP contribution in [0.15, 0.2) is 59.2 Å². The molecule has 0 bridgehead atoms. The molecule has 0 aliphatic rings. The van der Waals surface area contributed by atoms with E-state index in [2.05, 4.69) is 27.3 Å². The molecule has 1 N–H and O–H groups in total. The lowest BCUT2D eigenvalue weighted by Crippen LogP contribution is -2.29. The summed E-state index contributed by atoms with van der Waals surface area (Å²) >= 11 is 3.41. The van der Waals surface area contributed by atoms with Crippen LogP contribution in [-0.2, 0) is 17.8 Å². The summed E-state index contributed by atoms with van der Waals surface area (Å²) in [5.74, 6) is -0.0600. The fourth-order valence-corrected chi connectivity index (χ4v) is 3.05. The van der Waals surface area contributed by atoms with Crippen LogP contribution >= 0.6 is 15.9 Å². The number of nitriles is 1. The highest BCUT2D eigenvalue weighted by molar-refractivity contribution is 9.10. The number of hydrogen-bond acceptors (Lipinski definition) is 2. The first kappa shape index (κ1) is 16.3. The summed E-state index contributed by atoms with van der Waals surface area (Å²) in [7, 11) is 0. The second-order valence-electron chi connectivity index (χ2n) is 5.53. The van der Waals surface area contributed by atoms with Crippen LogP contribution in [0, 0.1) is 11.3 Å². The van der Waals surface area contributed by atoms with Crippen molar-refractivity contribution in [2.24, 2.45) is 0 Å². The summed E-state index contributed by atoms with van der Waals surface area (Å²) in [5.41, 5.74) is 2.65. The van der Waals surface area contributed by atoms with Gasteiger partial charge in [-0.05, 0) is 30.2 Å². The molecule has 0 saturated heterocycles. The van der Waals surface area contributed by atoms with Crippen molar-refractivity contribution in [2.45, 2.75) is 13.0 Å². The number of aromatic nitrogens is 1. The van der Waals surface area contributed by atoms with Crippen LogP contribution in [-0.4, -0.2) is 17.0 Å². The van der Waals surface area contributed by atoms with E-state index >= 15 is 0 Å². The number of benzene rings is 2. The van der Waals surface area contributed by atoms with Gasteiger partial charge >= 0.3 is 0 Å². The van der Waals surface area contributed by atoms with Crippen LogP contribution < -0.4 is 5.32 Å². The first-order valence-electron chi connectivity index (χ1n) is 7.66. The molecule has 0 saturated carbocycles. The van der Waals surface area contributed by atoms with Crippen molar-refractivity contribution in [3.8, 4) is 6.07 Å². The maximum absolute atomic E-state index is 12.2. The molecule has 2 aromatic carbocycles. The SMILES string of the molecule is N#Cc1cn(CC(=O)NCCc2ccccc2)c2ccc(Br)cc12. The molecule has 0 aliphatic carbocycles. The molecule has 3 rings (SSSR count). The van der Waals surface area contributed by atoms with E-state index in [0.717, 1.165) is 21.8 Å². The van der Waals surface area contributed by atoms with Crippen LogP contribution in [0.4, 0.5) is 0 Å². The van der Waals surface area contributed by atoms with Crippen molar-refractivity contribution in [1.82, 2.24) is 9.88 Å². The Bertz CT molecular complexity index is 910. The van der Waals surface area contributed by atoms with Gasteiger partial charge in [-0.1, -0.05) is 46.3 Å². The minimum atomic E-state index is -0.0600. The quantitative estimate of drug-likeness (QED) is 0.733. The molecule has 3 aromatic rings. The van der Waals surface area contributed by atoms with Crippen molar-refractivity contribution < 1.29 is 4.79 Å². The fourth-order valence-electron chi connectivity index (χ4n) is 2.69. The van der Waals surface area contributed by atoms with Crippen LogP contribution in [0.5, 0.6) is 0 Å². The van der Waals surface area contributed by atoms with E-state index in [0.29, 0.717) is 12.1 Å². The van der Waals surface area contributed by atoms with Gasteiger partial charge in [-0.25, -0.2) is 0 Å². The zero-order chi connectivity index (χ0) is 16.9. The van der Waals surface area contributed by atoms with Crippen LogP contribution in [0.3, 0.4) is 0 Å². The van der Waals surface area contributed by atoms with Gasteiger partial charge in [0.1, 0.15) is 12.6 Å². The number of rotatable bonds is 5. The lowest BCUT2D eigenvalue weighted by atomic mass is 10.1. The molecule has 120 valence electrons. The maximum atomic E-state index is 12.2. The molecule has 0 fully saturated rings. The molecule has 0 atom stereocenters. The molecule has 1 aromatic heterocycles. The summed E-state index contributed by atoms with van der Waals surface area (Å²) in [6.45, 7) is 0.799. The second-order valence-corrected chi connectivity index (χ2v) is 6.45. The van der Waals surface area contributed by atoms with E-state index in [4.69, 9.17) is 0 Å². The minimum Gasteiger partial charge on any atom is -0.354 e. The number of carbonyl (C=O) groups excluding carboxylic acids is 1. The van der Waals surface area contributed by atoms with Gasteiger partial charge < -0.3 is 9.88 Å². The Balaban J connectivity index is 1.66. The summed E-state index contributed by atoms with van der Waals surface area (Å²) in [5, 5.41) is 13.0. The highest BCUT2D eigenvalue weighted by Gasteiger charge is 2.11. The molecular formula is C19H16BrN3O. The standard InChI is InChI=1S/C19H16BrN3O/c20-16-6-7-18-17(10-16)15(11-21)12-23(18)13-19(24)22-9-8-14-4-2-1-3-5-14/h1-7,10,12H,8-9,13H2,(H,22,24). The lowest BCUT2D eigenvalue weighted by Gasteiger charge is -2.07. The Hall–Kier alpha value is -2.58. The predicted molar refractivity (Wildman–Crippen MR) is 97.5 cm³/mol. The fraction of sp³-hybridized carbons (Fsp3) is 0.158. The van der Waals surface area contributed by atoms with E-state index in [9.17, 15) is 10.1 Å². The van der Waals surface area contributed by atoms with Crippen LogP contribution in [0.2, 0.25) is 0 Å². The van der Waals surface area contributed by atoms with Gasteiger partial charge in [0.25, 0.3) is 0 Å². The number of carbonyl (C=O) groups is 1. The third kappa shape index (κ3) is 3.66. The number of fused-ring (bicyclic) bond motifs is 1. The van der Waals surface area contributed by atoms with Crippen molar-refractivity contribution in [2.75, 3.05) is 6.54 Å². The summed E-state index contributed by atoms with van der Waals surface area (Å²) in [6.07, 6.45) is 2.53. The molecule has 1 amide bonds. The Morgan fingerprint density at radius 2 is 2.00 bits per heavy atom. The van der Waals surface area contributed by atoms with Gasteiger partial charge in [-0.3, -0.25) is 4.79 Å². The number of hydrogen-bond donors (Lipinski definition) is 1. The van der Waals surface area contributed by atoms with E-state index < -0.39 is 0 Å². The second kappa shape index (κ2) is 7.33. The molecule has 1 heterocycles. The first-order valence-corrected chi connectivity index (χ1v) is 8.46. The highest BCUT2D eigenvalue weighted by Crippen LogP contribution is 2.24. The summed E-state index contributed by atoms with van der Waals surface area (Å²) in [4.78, 5) is 12.2. The maximum Gasteiger partial charge on any atom is 0.239 e. The van der Waals surface area contributed by atoms with Crippen LogP contribution in [0.25, 0.3) is 10.9 Å². The van der Waals surface area contributed by atoms with Crippen molar-refractivity contribution in [3.05, 3.63) is 70.3 Å². The number of nitrogens with one attached hydrogen (secondary N) is 1. The third-order valence-corrected chi connectivity index (χ3v) is 4.35. The van der Waals surface area contributed by atoms with Gasteiger partial charge in [0.15, 0.2) is 0 Å². The van der Waals surface area contributed by atoms with E-state index in [1.807, 2.05) is 53.1 Å². The van der Waals surface area contributed by atoms with Gasteiger partial charge in [0, 0.05) is 28.1 Å². The van der Waals surface area contributed by atoms with Crippen molar-refractivity contribution in [1.29, 1.82) is 5.26 Å². The number of nitrogens with zero attached hydrogens (tertiary/aromatic N) is 2. The van der Waals surface area contributed by atoms with Crippen molar-refractivity contribution in [3.63, 3.8) is 0 Å². The molecule has 0 spiro atoms. The lowest BCUT2D eigenvalue weighted by molar-refractivity contribution is -0.121. The van der Waals surface area contributed by atoms with E-state index in [-0.39, 0.29) is 12.5 Å². The molecule has 0 radical (unpaired) electrons. The Kier molecular flexibility index (Phi) is 4.97. The zero-order valence-corrected chi connectivity index (χ0v) is 14.6. The average Bonchev–Trinajstić information content (AvgIpc) is 2.92. The van der Waals surface area contributed by atoms with Gasteiger partial charge in [0.05, 0.1) is 5.56 Å². The molecule has 24 heavy (non-hydrogen) atoms. The Labute approximate surface area is 148 Å². The molecule has 5 heteroatoms. The van der Waals surface area contributed by atoms with Gasteiger partial charge in [-0.15, -0.1) is 0 Å². The monoisotopic (exact) mass is 381 g/mol. The number of amides is 1. The molecule has 4 nitrogen and oxygen atoms in total. The zero-order valence-electron chi connectivity index (χ0n) is 13.0. The summed E-state index contributed by atoms with van der Waals surface area (Å²) in [6, 6.07) is 18.0. The van der Waals surface area contributed by atoms with E-state index in [1.165, 1.54) is 5.56 Å². The minimum absolute atomic E-state index is 0.0600. The van der Waals surface area contributed by atoms with Gasteiger partial charge in [0.2, 0.25) is 5.91 Å². The molecule has 0 unspecified atom stereocenters. The number of halogens is 1. The predicted octanol–water partition coefficient (Wildman–Crippen LogP) is 3.63. The smallest absolute Gasteiger partial charge is 0.239 e. The Morgan fingerprint density at radius 1 is 1.21 bits per heavy atom. The van der Waals surface area contributed by atoms with Crippen molar-refractivity contribution >= 4 is 32.7 Å². The largest absolute Gasteiger partial charge is 0.354 e. The highest BCUT2D eigenvalue weighted by atomic mass is 79.9. The first-order chi connectivity index (χ1) is 11.7. The average molecular weight is 382 g/mol. The van der Waals surface area contributed by atoms with E-state index in [1.54, 1.807) is 6.20 Å². The van der Waals surface area contributed by atoms with Crippen LogP contribution in [0.1, 0.15) is 11.1 Å².